The van der Waals surface area contributed by atoms with Crippen LogP contribution in [0.5, 0.6) is 0 Å². The number of hydrogen-bond acceptors (Lipinski definition) is 1. The summed E-state index contributed by atoms with van der Waals surface area (Å²) in [6, 6.07) is 19.9. The summed E-state index contributed by atoms with van der Waals surface area (Å²) < 4.78 is 0. The van der Waals surface area contributed by atoms with Gasteiger partial charge in [0.05, 0.1) is 0 Å². The van der Waals surface area contributed by atoms with Crippen molar-refractivity contribution in [2.75, 3.05) is 0 Å². The molecule has 2 unspecified atom stereocenters. The highest BCUT2D eigenvalue weighted by molar-refractivity contribution is 5.41. The molecule has 2 aromatic carbocycles. The van der Waals surface area contributed by atoms with Crippen LogP contribution in [0.2, 0.25) is 0 Å². The lowest BCUT2D eigenvalue weighted by Crippen LogP contribution is -2.37. The Hall–Kier alpha value is -1.60. The van der Waals surface area contributed by atoms with E-state index in [4.69, 9.17) is 0 Å². The molecule has 0 saturated carbocycles. The fourth-order valence-corrected chi connectivity index (χ4v) is 2.76. The quantitative estimate of drug-likeness (QED) is 0.858. The van der Waals surface area contributed by atoms with Crippen LogP contribution in [0.3, 0.4) is 0 Å². The van der Waals surface area contributed by atoms with E-state index in [1.807, 2.05) is 0 Å². The van der Waals surface area contributed by atoms with Crippen molar-refractivity contribution in [2.45, 2.75) is 31.8 Å². The molecule has 2 atom stereocenters. The topological polar surface area (TPSA) is 12.0 Å². The summed E-state index contributed by atoms with van der Waals surface area (Å²) in [4.78, 5) is 0. The lowest BCUT2D eigenvalue weighted by molar-refractivity contribution is 0.424. The third kappa shape index (κ3) is 2.19. The molecule has 1 aliphatic rings. The van der Waals surface area contributed by atoms with Crippen molar-refractivity contribution in [3.63, 3.8) is 0 Å². The Kier molecular flexibility index (Phi) is 3.16. The van der Waals surface area contributed by atoms with Gasteiger partial charge in [-0.2, -0.15) is 0 Å². The molecule has 1 heteroatoms. The maximum absolute atomic E-state index is 3.64. The first kappa shape index (κ1) is 11.5. The Morgan fingerprint density at radius 2 is 1.78 bits per heavy atom. The molecule has 3 rings (SSSR count). The van der Waals surface area contributed by atoms with Crippen LogP contribution < -0.4 is 5.32 Å². The van der Waals surface area contributed by atoms with Crippen LogP contribution >= 0.6 is 0 Å². The first-order valence-electron chi connectivity index (χ1n) is 6.69. The number of fused-ring (bicyclic) bond motifs is 1. The highest BCUT2D eigenvalue weighted by atomic mass is 14.9. The van der Waals surface area contributed by atoms with Gasteiger partial charge in [-0.3, -0.25) is 0 Å². The van der Waals surface area contributed by atoms with Crippen LogP contribution in [0.15, 0.2) is 54.6 Å². The summed E-state index contributed by atoms with van der Waals surface area (Å²) in [7, 11) is 0. The molecule has 0 bridgehead atoms. The second-order valence-electron chi connectivity index (χ2n) is 5.16. The van der Waals surface area contributed by atoms with Crippen LogP contribution in [0.4, 0.5) is 0 Å². The van der Waals surface area contributed by atoms with Gasteiger partial charge in [0.25, 0.3) is 0 Å². The molecular weight excluding hydrogens is 218 g/mol. The average molecular weight is 237 g/mol. The second kappa shape index (κ2) is 4.95. The normalized spacial score (nSPS) is 18.8. The predicted octanol–water partition coefficient (Wildman–Crippen LogP) is 3.50. The van der Waals surface area contributed by atoms with Crippen molar-refractivity contribution in [2.24, 2.45) is 0 Å². The van der Waals surface area contributed by atoms with Crippen molar-refractivity contribution in [3.05, 3.63) is 71.3 Å². The molecule has 0 radical (unpaired) electrons. The molecule has 0 heterocycles. The van der Waals surface area contributed by atoms with Crippen molar-refractivity contribution >= 4 is 0 Å². The van der Waals surface area contributed by atoms with E-state index in [2.05, 4.69) is 66.8 Å². The first-order valence-corrected chi connectivity index (χ1v) is 6.69. The zero-order valence-corrected chi connectivity index (χ0v) is 10.8. The fourth-order valence-electron chi connectivity index (χ4n) is 2.76. The highest BCUT2D eigenvalue weighted by Gasteiger charge is 2.29. The maximum Gasteiger partial charge on any atom is 0.0208 e. The van der Waals surface area contributed by atoms with E-state index in [1.54, 1.807) is 0 Å². The lowest BCUT2D eigenvalue weighted by atomic mass is 9.74. The summed E-state index contributed by atoms with van der Waals surface area (Å²) in [5, 5.41) is 3.64. The first-order chi connectivity index (χ1) is 8.84. The minimum atomic E-state index is 0.542. The lowest BCUT2D eigenvalue weighted by Gasteiger charge is -2.35. The average Bonchev–Trinajstić information content (AvgIpc) is 2.39. The van der Waals surface area contributed by atoms with Crippen molar-refractivity contribution in [1.82, 2.24) is 5.32 Å². The van der Waals surface area contributed by atoms with Crippen LogP contribution in [-0.4, -0.2) is 6.04 Å². The number of rotatable bonds is 4. The summed E-state index contributed by atoms with van der Waals surface area (Å²) in [6.07, 6.45) is 1.22. The Balaban J connectivity index is 1.59. The Morgan fingerprint density at radius 1 is 1.06 bits per heavy atom. The van der Waals surface area contributed by atoms with Crippen molar-refractivity contribution in [3.8, 4) is 0 Å². The summed E-state index contributed by atoms with van der Waals surface area (Å²) >= 11 is 0. The molecule has 1 N–H and O–H groups in total. The Morgan fingerprint density at radius 3 is 2.56 bits per heavy atom. The largest absolute Gasteiger partial charge is 0.310 e. The second-order valence-corrected chi connectivity index (χ2v) is 5.16. The fraction of sp³-hybridized carbons (Fsp3) is 0.294. The van der Waals surface area contributed by atoms with Gasteiger partial charge in [-0.05, 0) is 30.0 Å². The molecule has 18 heavy (non-hydrogen) atoms. The van der Waals surface area contributed by atoms with E-state index in [0.29, 0.717) is 12.0 Å². The van der Waals surface area contributed by atoms with Crippen LogP contribution in [0.1, 0.15) is 29.5 Å². The van der Waals surface area contributed by atoms with Crippen molar-refractivity contribution in [1.29, 1.82) is 0 Å². The summed E-state index contributed by atoms with van der Waals surface area (Å²) in [5.74, 6) is 0.685. The zero-order valence-electron chi connectivity index (χ0n) is 10.8. The smallest absolute Gasteiger partial charge is 0.0208 e. The van der Waals surface area contributed by atoms with Gasteiger partial charge in [0, 0.05) is 18.5 Å². The van der Waals surface area contributed by atoms with E-state index < -0.39 is 0 Å². The molecule has 0 aromatic heterocycles. The molecule has 0 spiro atoms. The molecule has 0 saturated heterocycles. The Bertz CT molecular complexity index is 518. The molecule has 1 nitrogen and oxygen atoms in total. The minimum Gasteiger partial charge on any atom is -0.310 e. The van der Waals surface area contributed by atoms with Gasteiger partial charge < -0.3 is 5.32 Å². The van der Waals surface area contributed by atoms with E-state index in [-0.39, 0.29) is 0 Å². The van der Waals surface area contributed by atoms with Crippen LogP contribution in [0, 0.1) is 0 Å². The highest BCUT2D eigenvalue weighted by Crippen LogP contribution is 2.37. The van der Waals surface area contributed by atoms with E-state index in [1.165, 1.54) is 23.1 Å². The van der Waals surface area contributed by atoms with Gasteiger partial charge >= 0.3 is 0 Å². The molecule has 1 aliphatic carbocycles. The monoisotopic (exact) mass is 237 g/mol. The molecule has 2 aromatic rings. The van der Waals surface area contributed by atoms with E-state index in [9.17, 15) is 0 Å². The summed E-state index contributed by atoms with van der Waals surface area (Å²) in [5.41, 5.74) is 4.42. The molecule has 0 aliphatic heterocycles. The van der Waals surface area contributed by atoms with E-state index in [0.717, 1.165) is 6.54 Å². The summed E-state index contributed by atoms with van der Waals surface area (Å²) in [6.45, 7) is 3.25. The maximum atomic E-state index is 3.64. The van der Waals surface area contributed by atoms with Crippen LogP contribution in [0.25, 0.3) is 0 Å². The van der Waals surface area contributed by atoms with Gasteiger partial charge in [0.1, 0.15) is 0 Å². The Labute approximate surface area is 109 Å². The van der Waals surface area contributed by atoms with E-state index >= 15 is 0 Å². The van der Waals surface area contributed by atoms with Crippen molar-refractivity contribution < 1.29 is 0 Å². The third-order valence-corrected chi connectivity index (χ3v) is 3.97. The van der Waals surface area contributed by atoms with Gasteiger partial charge in [-0.1, -0.05) is 54.6 Å². The number of nitrogens with one attached hydrogen (secondary N) is 1. The van der Waals surface area contributed by atoms with Crippen LogP contribution in [-0.2, 0) is 13.0 Å². The molecule has 0 amide bonds. The molecule has 92 valence electrons. The molecule has 0 fully saturated rings. The van der Waals surface area contributed by atoms with Gasteiger partial charge in [0.2, 0.25) is 0 Å². The third-order valence-electron chi connectivity index (χ3n) is 3.97. The van der Waals surface area contributed by atoms with Gasteiger partial charge in [0.15, 0.2) is 0 Å². The van der Waals surface area contributed by atoms with Gasteiger partial charge in [-0.15, -0.1) is 0 Å². The molecular formula is C17H19N. The SMILES string of the molecule is CC(NCc1ccccc1)C1Cc2ccccc21. The predicted molar refractivity (Wildman–Crippen MR) is 75.6 cm³/mol. The minimum absolute atomic E-state index is 0.542. The number of hydrogen-bond donors (Lipinski definition) is 1. The number of benzene rings is 2. The van der Waals surface area contributed by atoms with Gasteiger partial charge in [-0.25, -0.2) is 0 Å². The zero-order chi connectivity index (χ0) is 12.4. The standard InChI is InChI=1S/C17H19N/c1-13(18-12-14-7-3-2-4-8-14)17-11-15-9-5-6-10-16(15)17/h2-10,13,17-18H,11-12H2,1H3.